The molecule has 3 saturated heterocycles. The van der Waals surface area contributed by atoms with Crippen molar-refractivity contribution in [3.8, 4) is 0 Å². The number of methoxy groups -OCH3 is 1. The molecule has 0 amide bonds. The minimum atomic E-state index is -1.56. The molecule has 3 heterocycles. The molecule has 0 aromatic heterocycles. The Hall–Kier alpha value is -1.75. The number of fused-ring (bicyclic) bond motifs is 1. The summed E-state index contributed by atoms with van der Waals surface area (Å²) < 4.78 is 39.3. The molecule has 1 unspecified atom stereocenters. The Morgan fingerprint density at radius 2 is 1.55 bits per heavy atom. The predicted octanol–water partition coefficient (Wildman–Crippen LogP) is 0.292. The van der Waals surface area contributed by atoms with Crippen molar-refractivity contribution in [1.82, 2.24) is 0 Å². The number of aliphatic hydroxyl groups is 5. The second-order valence-electron chi connectivity index (χ2n) is 10.8. The Morgan fingerprint density at radius 3 is 2.26 bits per heavy atom. The molecule has 0 bridgehead atoms. The van der Waals surface area contributed by atoms with Crippen LogP contribution in [0.3, 0.4) is 0 Å². The lowest BCUT2D eigenvalue weighted by molar-refractivity contribution is -0.385. The summed E-state index contributed by atoms with van der Waals surface area (Å²) in [7, 11) is 1.38. The van der Waals surface area contributed by atoms with Gasteiger partial charge in [-0.2, -0.15) is 0 Å². The van der Waals surface area contributed by atoms with Gasteiger partial charge in [-0.05, 0) is 12.8 Å². The first-order chi connectivity index (χ1) is 20.3. The lowest BCUT2D eigenvalue weighted by Crippen LogP contribution is -2.65. The van der Waals surface area contributed by atoms with Crippen LogP contribution < -0.4 is 0 Å². The molecule has 5 N–H and O–H groups in total. The Balaban J connectivity index is 1.22. The topological polar surface area (TPSA) is 183 Å². The highest BCUT2D eigenvalue weighted by molar-refractivity contribution is 5.68. The number of benzene rings is 1. The van der Waals surface area contributed by atoms with Gasteiger partial charge in [0.2, 0.25) is 0 Å². The number of carbonyl (C=O) groups is 1. The lowest BCUT2D eigenvalue weighted by Gasteiger charge is -2.48. The molecule has 3 aliphatic heterocycles. The highest BCUT2D eigenvalue weighted by atomic mass is 16.8. The first-order valence-electron chi connectivity index (χ1n) is 14.6. The molecule has 13 heteroatoms. The number of esters is 1. The summed E-state index contributed by atoms with van der Waals surface area (Å²) in [5.74, 6) is -0.204. The van der Waals surface area contributed by atoms with E-state index in [1.54, 1.807) is 0 Å². The molecule has 0 radical (unpaired) electrons. The Kier molecular flexibility index (Phi) is 12.9. The van der Waals surface area contributed by atoms with Crippen molar-refractivity contribution in [2.24, 2.45) is 0 Å². The third-order valence-corrected chi connectivity index (χ3v) is 7.80. The van der Waals surface area contributed by atoms with Gasteiger partial charge in [0.05, 0.1) is 20.3 Å². The van der Waals surface area contributed by atoms with E-state index in [1.807, 2.05) is 30.3 Å². The zero-order chi connectivity index (χ0) is 30.1. The van der Waals surface area contributed by atoms with E-state index in [4.69, 9.17) is 28.4 Å². The number of hydrogen-bond acceptors (Lipinski definition) is 13. The second-order valence-corrected chi connectivity index (χ2v) is 10.8. The number of ether oxygens (including phenoxy) is 7. The fourth-order valence-corrected chi connectivity index (χ4v) is 5.36. The van der Waals surface area contributed by atoms with Gasteiger partial charge in [0, 0.05) is 18.6 Å². The van der Waals surface area contributed by atoms with Gasteiger partial charge in [0.15, 0.2) is 18.9 Å². The third kappa shape index (κ3) is 8.45. The largest absolute Gasteiger partial charge is 0.469 e. The minimum absolute atomic E-state index is 0.0487. The highest BCUT2D eigenvalue weighted by Crippen LogP contribution is 2.36. The van der Waals surface area contributed by atoms with Crippen molar-refractivity contribution < 1.29 is 63.5 Å². The standard InChI is InChI=1S/C29H44O13/c1-36-20(31)13-9-4-2-3-5-10-14-37-28-23(34)21(32)25(18(15-30)39-28)42-29-24(35)22(33)26-19(40-29)16-38-27(41-26)17-11-7-6-8-12-17/h6-8,11-12,18-19,21-30,32-35H,2-5,9-10,13-16H2,1H3/t18-,19-,21-,22-,23-,24-,25-,26+,27?,28+,29+/m1/s1. The van der Waals surface area contributed by atoms with Crippen LogP contribution in [0.15, 0.2) is 30.3 Å². The van der Waals surface area contributed by atoms with Crippen molar-refractivity contribution in [2.75, 3.05) is 26.9 Å². The molecular weight excluding hydrogens is 556 g/mol. The molecule has 0 spiro atoms. The molecule has 11 atom stereocenters. The molecule has 238 valence electrons. The summed E-state index contributed by atoms with van der Waals surface area (Å²) in [4.78, 5) is 11.1. The minimum Gasteiger partial charge on any atom is -0.469 e. The zero-order valence-corrected chi connectivity index (χ0v) is 23.8. The quantitative estimate of drug-likeness (QED) is 0.145. The average Bonchev–Trinajstić information content (AvgIpc) is 3.02. The monoisotopic (exact) mass is 600 g/mol. The smallest absolute Gasteiger partial charge is 0.305 e. The summed E-state index contributed by atoms with van der Waals surface area (Å²) in [6, 6.07) is 9.17. The van der Waals surface area contributed by atoms with E-state index in [1.165, 1.54) is 7.11 Å². The maximum absolute atomic E-state index is 11.1. The van der Waals surface area contributed by atoms with Gasteiger partial charge in [-0.25, -0.2) is 0 Å². The van der Waals surface area contributed by atoms with E-state index >= 15 is 0 Å². The normalized spacial score (nSPS) is 36.8. The summed E-state index contributed by atoms with van der Waals surface area (Å²) in [6.45, 7) is -0.251. The number of carbonyl (C=O) groups excluding carboxylic acids is 1. The van der Waals surface area contributed by atoms with Gasteiger partial charge < -0.3 is 58.7 Å². The Morgan fingerprint density at radius 1 is 0.857 bits per heavy atom. The fraction of sp³-hybridized carbons (Fsp3) is 0.759. The van der Waals surface area contributed by atoms with Crippen LogP contribution in [0, 0.1) is 0 Å². The maximum Gasteiger partial charge on any atom is 0.305 e. The molecule has 3 aliphatic rings. The molecule has 0 saturated carbocycles. The Bertz CT molecular complexity index is 931. The average molecular weight is 601 g/mol. The van der Waals surface area contributed by atoms with Gasteiger partial charge in [0.25, 0.3) is 0 Å². The molecule has 0 aliphatic carbocycles. The summed E-state index contributed by atoms with van der Waals surface area (Å²) in [5, 5.41) is 53.1. The van der Waals surface area contributed by atoms with E-state index in [0.717, 1.165) is 37.7 Å². The maximum atomic E-state index is 11.1. The first kappa shape index (κ1) is 33.1. The van der Waals surface area contributed by atoms with Gasteiger partial charge in [-0.15, -0.1) is 0 Å². The van der Waals surface area contributed by atoms with Crippen LogP contribution in [0.1, 0.15) is 56.8 Å². The molecule has 4 rings (SSSR count). The highest BCUT2D eigenvalue weighted by Gasteiger charge is 2.53. The van der Waals surface area contributed by atoms with Crippen LogP contribution in [-0.4, -0.2) is 120 Å². The van der Waals surface area contributed by atoms with Crippen molar-refractivity contribution in [2.45, 2.75) is 113 Å². The van der Waals surface area contributed by atoms with Crippen LogP contribution >= 0.6 is 0 Å². The van der Waals surface area contributed by atoms with Gasteiger partial charge in [-0.3, -0.25) is 4.79 Å². The fourth-order valence-electron chi connectivity index (χ4n) is 5.36. The van der Waals surface area contributed by atoms with Gasteiger partial charge in [-0.1, -0.05) is 56.0 Å². The Labute approximate surface area is 245 Å². The molecule has 1 aromatic rings. The lowest BCUT2D eigenvalue weighted by atomic mass is 9.96. The number of rotatable bonds is 14. The molecule has 1 aromatic carbocycles. The van der Waals surface area contributed by atoms with E-state index in [2.05, 4.69) is 4.74 Å². The summed E-state index contributed by atoms with van der Waals surface area (Å²) in [5.41, 5.74) is 0.752. The van der Waals surface area contributed by atoms with Crippen LogP contribution in [0.5, 0.6) is 0 Å². The summed E-state index contributed by atoms with van der Waals surface area (Å²) >= 11 is 0. The molecule has 13 nitrogen and oxygen atoms in total. The van der Waals surface area contributed by atoms with Crippen LogP contribution in [0.2, 0.25) is 0 Å². The van der Waals surface area contributed by atoms with Crippen molar-refractivity contribution in [3.63, 3.8) is 0 Å². The summed E-state index contributed by atoms with van der Waals surface area (Å²) in [6.07, 6.45) is -7.79. The van der Waals surface area contributed by atoms with Gasteiger partial charge in [0.1, 0.15) is 48.8 Å². The van der Waals surface area contributed by atoms with Crippen LogP contribution in [0.4, 0.5) is 0 Å². The van der Waals surface area contributed by atoms with E-state index in [-0.39, 0.29) is 19.2 Å². The number of aliphatic hydroxyl groups excluding tert-OH is 5. The van der Waals surface area contributed by atoms with Gasteiger partial charge >= 0.3 is 5.97 Å². The first-order valence-corrected chi connectivity index (χ1v) is 14.6. The van der Waals surface area contributed by atoms with E-state index < -0.39 is 74.3 Å². The van der Waals surface area contributed by atoms with Crippen molar-refractivity contribution in [3.05, 3.63) is 35.9 Å². The van der Waals surface area contributed by atoms with Crippen LogP contribution in [0.25, 0.3) is 0 Å². The predicted molar refractivity (Wildman–Crippen MR) is 144 cm³/mol. The van der Waals surface area contributed by atoms with Crippen molar-refractivity contribution >= 4 is 5.97 Å². The van der Waals surface area contributed by atoms with E-state index in [0.29, 0.717) is 12.8 Å². The molecular formula is C29H44O13. The number of unbranched alkanes of at least 4 members (excludes halogenated alkanes) is 5. The van der Waals surface area contributed by atoms with Crippen molar-refractivity contribution in [1.29, 1.82) is 0 Å². The SMILES string of the molecule is COC(=O)CCCCCCCCO[C@H]1O[C@H](CO)[C@@H](O[C@@H]2O[C@@H]3COC(c4ccccc4)O[C@@H]3[C@H](O)[C@H]2O)[C@H](O)[C@H]1O. The molecule has 3 fully saturated rings. The third-order valence-electron chi connectivity index (χ3n) is 7.80. The zero-order valence-electron chi connectivity index (χ0n) is 23.8. The second kappa shape index (κ2) is 16.4. The number of hydrogen-bond donors (Lipinski definition) is 5. The van der Waals surface area contributed by atoms with Crippen LogP contribution in [-0.2, 0) is 38.0 Å². The van der Waals surface area contributed by atoms with E-state index in [9.17, 15) is 30.3 Å². The molecule has 42 heavy (non-hydrogen) atoms.